The SMILES string of the molecule is Nc1cc(C(F)(F)F)ccc1COc1ccc(Cl)cc1. The number of ether oxygens (including phenoxy) is 1. The molecule has 2 nitrogen and oxygen atoms in total. The average Bonchev–Trinajstić information content (AvgIpc) is 2.38. The highest BCUT2D eigenvalue weighted by Gasteiger charge is 2.30. The lowest BCUT2D eigenvalue weighted by atomic mass is 10.1. The molecule has 0 aliphatic rings. The lowest BCUT2D eigenvalue weighted by Gasteiger charge is -2.12. The van der Waals surface area contributed by atoms with Gasteiger partial charge in [0.2, 0.25) is 0 Å². The van der Waals surface area contributed by atoms with Gasteiger partial charge in [-0.05, 0) is 36.4 Å². The third-order valence-electron chi connectivity index (χ3n) is 2.68. The summed E-state index contributed by atoms with van der Waals surface area (Å²) in [5.41, 5.74) is 5.38. The van der Waals surface area contributed by atoms with E-state index in [9.17, 15) is 13.2 Å². The molecule has 0 atom stereocenters. The number of hydrogen-bond donors (Lipinski definition) is 1. The van der Waals surface area contributed by atoms with Crippen LogP contribution in [-0.4, -0.2) is 0 Å². The van der Waals surface area contributed by atoms with Crippen molar-refractivity contribution in [2.75, 3.05) is 5.73 Å². The van der Waals surface area contributed by atoms with Gasteiger partial charge in [-0.25, -0.2) is 0 Å². The molecular weight excluding hydrogens is 291 g/mol. The van der Waals surface area contributed by atoms with E-state index in [1.54, 1.807) is 24.3 Å². The maximum atomic E-state index is 12.5. The molecule has 0 spiro atoms. The second-order valence-electron chi connectivity index (χ2n) is 4.15. The van der Waals surface area contributed by atoms with E-state index in [2.05, 4.69) is 0 Å². The number of hydrogen-bond acceptors (Lipinski definition) is 2. The van der Waals surface area contributed by atoms with E-state index in [4.69, 9.17) is 22.1 Å². The molecule has 20 heavy (non-hydrogen) atoms. The molecule has 0 unspecified atom stereocenters. The molecule has 0 fully saturated rings. The van der Waals surface area contributed by atoms with Crippen molar-refractivity contribution in [1.29, 1.82) is 0 Å². The normalized spacial score (nSPS) is 11.4. The molecule has 2 N–H and O–H groups in total. The second-order valence-corrected chi connectivity index (χ2v) is 4.59. The van der Waals surface area contributed by atoms with Crippen molar-refractivity contribution in [3.8, 4) is 5.75 Å². The number of halogens is 4. The van der Waals surface area contributed by atoms with Crippen LogP contribution in [-0.2, 0) is 12.8 Å². The van der Waals surface area contributed by atoms with Crippen LogP contribution in [0.5, 0.6) is 5.75 Å². The largest absolute Gasteiger partial charge is 0.489 e. The minimum absolute atomic E-state index is 0.0498. The van der Waals surface area contributed by atoms with Crippen molar-refractivity contribution in [2.45, 2.75) is 12.8 Å². The topological polar surface area (TPSA) is 35.2 Å². The highest BCUT2D eigenvalue weighted by atomic mass is 35.5. The van der Waals surface area contributed by atoms with Gasteiger partial charge in [0.05, 0.1) is 5.56 Å². The van der Waals surface area contributed by atoms with E-state index in [0.717, 1.165) is 12.1 Å². The van der Waals surface area contributed by atoms with Crippen LogP contribution >= 0.6 is 11.6 Å². The standard InChI is InChI=1S/C14H11ClF3NO/c15-11-3-5-12(6-4-11)20-8-9-1-2-10(7-13(9)19)14(16,17)18/h1-7H,8,19H2. The first-order chi connectivity index (χ1) is 9.36. The molecule has 0 radical (unpaired) electrons. The van der Waals surface area contributed by atoms with Crippen molar-refractivity contribution in [3.05, 3.63) is 58.6 Å². The van der Waals surface area contributed by atoms with Crippen LogP contribution in [0.25, 0.3) is 0 Å². The molecule has 2 aromatic rings. The van der Waals surface area contributed by atoms with Gasteiger partial charge in [0, 0.05) is 16.3 Å². The van der Waals surface area contributed by atoms with Crippen molar-refractivity contribution >= 4 is 17.3 Å². The third kappa shape index (κ3) is 3.57. The number of rotatable bonds is 3. The van der Waals surface area contributed by atoms with Crippen LogP contribution in [0.4, 0.5) is 18.9 Å². The Kier molecular flexibility index (Phi) is 4.09. The van der Waals surface area contributed by atoms with Gasteiger partial charge in [0.25, 0.3) is 0 Å². The number of alkyl halides is 3. The van der Waals surface area contributed by atoms with Gasteiger partial charge < -0.3 is 10.5 Å². The lowest BCUT2D eigenvalue weighted by Crippen LogP contribution is -2.07. The van der Waals surface area contributed by atoms with Crippen LogP contribution in [0.15, 0.2) is 42.5 Å². The first kappa shape index (κ1) is 14.5. The van der Waals surface area contributed by atoms with Gasteiger partial charge in [0.15, 0.2) is 0 Å². The summed E-state index contributed by atoms with van der Waals surface area (Å²) in [4.78, 5) is 0. The second kappa shape index (κ2) is 5.63. The summed E-state index contributed by atoms with van der Waals surface area (Å²) in [7, 11) is 0. The highest BCUT2D eigenvalue weighted by molar-refractivity contribution is 6.30. The van der Waals surface area contributed by atoms with Crippen LogP contribution in [0.3, 0.4) is 0 Å². The summed E-state index contributed by atoms with van der Waals surface area (Å²) >= 11 is 5.73. The van der Waals surface area contributed by atoms with Gasteiger partial charge >= 0.3 is 6.18 Å². The van der Waals surface area contributed by atoms with E-state index in [-0.39, 0.29) is 12.3 Å². The lowest BCUT2D eigenvalue weighted by molar-refractivity contribution is -0.137. The molecule has 0 saturated heterocycles. The summed E-state index contributed by atoms with van der Waals surface area (Å²) < 4.78 is 42.9. The number of nitrogen functional groups attached to an aromatic ring is 1. The summed E-state index contributed by atoms with van der Waals surface area (Å²) in [5, 5.41) is 0.575. The Morgan fingerprint density at radius 3 is 2.25 bits per heavy atom. The van der Waals surface area contributed by atoms with Crippen LogP contribution < -0.4 is 10.5 Å². The van der Waals surface area contributed by atoms with Crippen molar-refractivity contribution in [1.82, 2.24) is 0 Å². The Hall–Kier alpha value is -1.88. The van der Waals surface area contributed by atoms with Crippen molar-refractivity contribution < 1.29 is 17.9 Å². The molecule has 2 rings (SSSR count). The van der Waals surface area contributed by atoms with E-state index in [1.165, 1.54) is 6.07 Å². The van der Waals surface area contributed by atoms with E-state index in [0.29, 0.717) is 16.3 Å². The van der Waals surface area contributed by atoms with E-state index >= 15 is 0 Å². The molecule has 2 aromatic carbocycles. The van der Waals surface area contributed by atoms with Crippen LogP contribution in [0.1, 0.15) is 11.1 Å². The zero-order chi connectivity index (χ0) is 14.8. The number of nitrogens with two attached hydrogens (primary N) is 1. The Balaban J connectivity index is 2.08. The summed E-state index contributed by atoms with van der Waals surface area (Å²) in [5.74, 6) is 0.564. The first-order valence-electron chi connectivity index (χ1n) is 5.70. The molecule has 106 valence electrons. The molecule has 0 heterocycles. The van der Waals surface area contributed by atoms with Crippen molar-refractivity contribution in [2.24, 2.45) is 0 Å². The van der Waals surface area contributed by atoms with Gasteiger partial charge in [-0.3, -0.25) is 0 Å². The maximum absolute atomic E-state index is 12.5. The quantitative estimate of drug-likeness (QED) is 0.846. The maximum Gasteiger partial charge on any atom is 0.416 e. The predicted molar refractivity (Wildman–Crippen MR) is 71.6 cm³/mol. The number of benzene rings is 2. The summed E-state index contributed by atoms with van der Waals surface area (Å²) in [6, 6.07) is 9.86. The molecule has 0 amide bonds. The first-order valence-corrected chi connectivity index (χ1v) is 6.08. The Morgan fingerprint density at radius 2 is 1.70 bits per heavy atom. The average molecular weight is 302 g/mol. The summed E-state index contributed by atoms with van der Waals surface area (Å²) in [6.45, 7) is 0.0889. The van der Waals surface area contributed by atoms with Crippen LogP contribution in [0.2, 0.25) is 5.02 Å². The van der Waals surface area contributed by atoms with Gasteiger partial charge in [-0.2, -0.15) is 13.2 Å². The number of anilines is 1. The predicted octanol–water partition coefficient (Wildman–Crippen LogP) is 4.52. The molecule has 0 aromatic heterocycles. The minimum Gasteiger partial charge on any atom is -0.489 e. The molecule has 0 bridgehead atoms. The third-order valence-corrected chi connectivity index (χ3v) is 2.93. The Bertz CT molecular complexity index is 596. The molecule has 0 saturated carbocycles. The zero-order valence-corrected chi connectivity index (χ0v) is 11.0. The van der Waals surface area contributed by atoms with E-state index in [1.807, 2.05) is 0 Å². The fraction of sp³-hybridized carbons (Fsp3) is 0.143. The molecular formula is C14H11ClF3NO. The summed E-state index contributed by atoms with van der Waals surface area (Å²) in [6.07, 6.45) is -4.40. The molecule has 0 aliphatic carbocycles. The fourth-order valence-electron chi connectivity index (χ4n) is 1.59. The van der Waals surface area contributed by atoms with Gasteiger partial charge in [-0.15, -0.1) is 0 Å². The molecule has 6 heteroatoms. The van der Waals surface area contributed by atoms with Crippen LogP contribution in [0, 0.1) is 0 Å². The van der Waals surface area contributed by atoms with E-state index < -0.39 is 11.7 Å². The Labute approximate surface area is 118 Å². The highest BCUT2D eigenvalue weighted by Crippen LogP contribution is 2.31. The zero-order valence-electron chi connectivity index (χ0n) is 10.2. The van der Waals surface area contributed by atoms with Gasteiger partial charge in [0.1, 0.15) is 12.4 Å². The van der Waals surface area contributed by atoms with Crippen molar-refractivity contribution in [3.63, 3.8) is 0 Å². The smallest absolute Gasteiger partial charge is 0.416 e. The molecule has 0 aliphatic heterocycles. The van der Waals surface area contributed by atoms with Gasteiger partial charge in [-0.1, -0.05) is 17.7 Å². The Morgan fingerprint density at radius 1 is 1.05 bits per heavy atom. The minimum atomic E-state index is -4.40. The fourth-order valence-corrected chi connectivity index (χ4v) is 1.72. The monoisotopic (exact) mass is 301 g/mol.